The first kappa shape index (κ1) is 29.1. The number of halogens is 1. The van der Waals surface area contributed by atoms with Crippen LogP contribution in [-0.2, 0) is 24.7 Å². The maximum Gasteiger partial charge on any atom is 0.319 e. The summed E-state index contributed by atoms with van der Waals surface area (Å²) in [7, 11) is 3.61. The molecule has 1 aliphatic rings. The molecule has 0 bridgehead atoms. The van der Waals surface area contributed by atoms with Crippen molar-refractivity contribution in [3.63, 3.8) is 0 Å². The lowest BCUT2D eigenvalue weighted by atomic mass is 9.90. The molecule has 40 heavy (non-hydrogen) atoms. The van der Waals surface area contributed by atoms with Gasteiger partial charge in [-0.05, 0) is 84.1 Å². The largest absolute Gasteiger partial charge is 0.343 e. The number of hydrogen-bond donors (Lipinski definition) is 2. The molecule has 0 radical (unpaired) electrons. The number of tetrazole rings is 1. The smallest absolute Gasteiger partial charge is 0.319 e. The van der Waals surface area contributed by atoms with Crippen molar-refractivity contribution >= 4 is 17.6 Å². The topological polar surface area (TPSA) is 108 Å². The van der Waals surface area contributed by atoms with E-state index in [1.165, 1.54) is 12.1 Å². The molecule has 1 aliphatic heterocycles. The molecule has 1 aromatic heterocycles. The van der Waals surface area contributed by atoms with E-state index in [1.54, 1.807) is 23.6 Å². The molecule has 10 nitrogen and oxygen atoms in total. The summed E-state index contributed by atoms with van der Waals surface area (Å²) in [5.41, 5.74) is 3.67. The van der Waals surface area contributed by atoms with Crippen LogP contribution in [0.4, 0.5) is 14.9 Å². The van der Waals surface area contributed by atoms with Gasteiger partial charge in [0.2, 0.25) is 5.91 Å². The van der Waals surface area contributed by atoms with Crippen LogP contribution in [0.1, 0.15) is 37.8 Å². The minimum atomic E-state index is -0.298. The van der Waals surface area contributed by atoms with Crippen molar-refractivity contribution in [3.8, 4) is 11.4 Å². The quantitative estimate of drug-likeness (QED) is 0.400. The zero-order valence-electron chi connectivity index (χ0n) is 23.7. The standard InChI is InChI=1S/C29H39FN8O2/c1-5-21-15-23(28-33-34-35-37(28)4)17-26(16-21)32-29(40)31-18-24-19-38(14-12-27(24)36(3)20(2)39)13-6-7-22-8-10-25(30)11-9-22/h8-11,15-17,24,27H,5-7,12-14,18-19H2,1-4H3,(H2,31,32,40). The Morgan fingerprint density at radius 3 is 2.60 bits per heavy atom. The van der Waals surface area contributed by atoms with E-state index in [9.17, 15) is 14.0 Å². The lowest BCUT2D eigenvalue weighted by Crippen LogP contribution is -2.54. The fourth-order valence-electron chi connectivity index (χ4n) is 5.37. The molecule has 0 spiro atoms. The number of rotatable bonds is 10. The van der Waals surface area contributed by atoms with E-state index in [2.05, 4.69) is 38.0 Å². The fourth-order valence-corrected chi connectivity index (χ4v) is 5.37. The Morgan fingerprint density at radius 2 is 1.93 bits per heavy atom. The average molecular weight is 551 g/mol. The van der Waals surface area contributed by atoms with Crippen LogP contribution in [0, 0.1) is 11.7 Å². The first-order chi connectivity index (χ1) is 19.2. The Bertz CT molecular complexity index is 1300. The minimum absolute atomic E-state index is 0.0198. The summed E-state index contributed by atoms with van der Waals surface area (Å²) in [5, 5.41) is 17.7. The van der Waals surface area contributed by atoms with E-state index in [-0.39, 0.29) is 29.7 Å². The second-order valence-electron chi connectivity index (χ2n) is 10.5. The molecule has 3 amide bonds. The van der Waals surface area contributed by atoms with Crippen molar-refractivity contribution in [2.24, 2.45) is 13.0 Å². The molecular weight excluding hydrogens is 511 g/mol. The normalized spacial score (nSPS) is 17.4. The Balaban J connectivity index is 1.36. The number of urea groups is 1. The predicted molar refractivity (Wildman–Crippen MR) is 152 cm³/mol. The molecule has 0 saturated carbocycles. The van der Waals surface area contributed by atoms with Gasteiger partial charge in [-0.3, -0.25) is 4.79 Å². The highest BCUT2D eigenvalue weighted by molar-refractivity contribution is 5.90. The number of amides is 3. The Labute approximate surface area is 234 Å². The van der Waals surface area contributed by atoms with Crippen molar-refractivity contribution in [2.75, 3.05) is 38.5 Å². The molecule has 3 aromatic rings. The average Bonchev–Trinajstić information content (AvgIpc) is 3.38. The fraction of sp³-hybridized carbons (Fsp3) is 0.483. The number of carbonyl (C=O) groups excluding carboxylic acids is 2. The molecule has 2 atom stereocenters. The number of anilines is 1. The molecule has 4 rings (SSSR count). The minimum Gasteiger partial charge on any atom is -0.343 e. The summed E-state index contributed by atoms with van der Waals surface area (Å²) in [4.78, 5) is 29.4. The number of nitrogens with one attached hydrogen (secondary N) is 2. The van der Waals surface area contributed by atoms with Gasteiger partial charge < -0.3 is 20.4 Å². The van der Waals surface area contributed by atoms with E-state index in [0.717, 1.165) is 62.0 Å². The molecule has 0 aliphatic carbocycles. The van der Waals surface area contributed by atoms with Crippen LogP contribution >= 0.6 is 0 Å². The number of aromatic nitrogens is 4. The van der Waals surface area contributed by atoms with E-state index < -0.39 is 0 Å². The number of piperidine rings is 1. The van der Waals surface area contributed by atoms with Gasteiger partial charge in [0, 0.05) is 63.9 Å². The summed E-state index contributed by atoms with van der Waals surface area (Å²) >= 11 is 0. The summed E-state index contributed by atoms with van der Waals surface area (Å²) in [5.74, 6) is 0.504. The van der Waals surface area contributed by atoms with Crippen molar-refractivity contribution in [1.29, 1.82) is 0 Å². The van der Waals surface area contributed by atoms with Gasteiger partial charge in [0.15, 0.2) is 5.82 Å². The summed E-state index contributed by atoms with van der Waals surface area (Å²) in [6, 6.07) is 12.2. The molecule has 1 saturated heterocycles. The van der Waals surface area contributed by atoms with Crippen LogP contribution in [0.5, 0.6) is 0 Å². The van der Waals surface area contributed by atoms with Crippen molar-refractivity contribution in [1.82, 2.24) is 35.3 Å². The number of aryl methyl sites for hydroxylation is 3. The monoisotopic (exact) mass is 550 g/mol. The van der Waals surface area contributed by atoms with Crippen LogP contribution in [0.25, 0.3) is 11.4 Å². The maximum absolute atomic E-state index is 13.2. The van der Waals surface area contributed by atoms with Gasteiger partial charge in [-0.25, -0.2) is 13.9 Å². The van der Waals surface area contributed by atoms with Crippen LogP contribution in [0.2, 0.25) is 0 Å². The van der Waals surface area contributed by atoms with Crippen LogP contribution in [0.15, 0.2) is 42.5 Å². The van der Waals surface area contributed by atoms with E-state index in [4.69, 9.17) is 0 Å². The Hall–Kier alpha value is -3.86. The molecular formula is C29H39FN8O2. The van der Waals surface area contributed by atoms with E-state index in [1.807, 2.05) is 37.4 Å². The molecule has 214 valence electrons. The molecule has 2 unspecified atom stereocenters. The lowest BCUT2D eigenvalue weighted by Gasteiger charge is -2.42. The molecule has 2 aromatic carbocycles. The predicted octanol–water partition coefficient (Wildman–Crippen LogP) is 3.50. The highest BCUT2D eigenvalue weighted by atomic mass is 19.1. The SMILES string of the molecule is CCc1cc(NC(=O)NCC2CN(CCCc3ccc(F)cc3)CCC2N(C)C(C)=O)cc(-c2nnnn2C)c1. The van der Waals surface area contributed by atoms with Gasteiger partial charge in [-0.1, -0.05) is 19.1 Å². The first-order valence-electron chi connectivity index (χ1n) is 13.8. The van der Waals surface area contributed by atoms with Crippen LogP contribution in [0.3, 0.4) is 0 Å². The van der Waals surface area contributed by atoms with Crippen LogP contribution in [-0.4, -0.2) is 81.2 Å². The molecule has 2 heterocycles. The van der Waals surface area contributed by atoms with Crippen molar-refractivity contribution < 1.29 is 14.0 Å². The number of likely N-dealkylation sites (tertiary alicyclic amines) is 1. The molecule has 11 heteroatoms. The van der Waals surface area contributed by atoms with Crippen molar-refractivity contribution in [3.05, 3.63) is 59.4 Å². The number of nitrogens with zero attached hydrogens (tertiary/aromatic N) is 6. The van der Waals surface area contributed by atoms with Gasteiger partial charge in [0.05, 0.1) is 0 Å². The second-order valence-corrected chi connectivity index (χ2v) is 10.5. The van der Waals surface area contributed by atoms with Gasteiger partial charge in [0.1, 0.15) is 5.82 Å². The molecule has 1 fully saturated rings. The summed E-state index contributed by atoms with van der Waals surface area (Å²) in [6.07, 6.45) is 3.47. The van der Waals surface area contributed by atoms with E-state index >= 15 is 0 Å². The lowest BCUT2D eigenvalue weighted by molar-refractivity contribution is -0.131. The van der Waals surface area contributed by atoms with Crippen molar-refractivity contribution in [2.45, 2.75) is 45.6 Å². The Morgan fingerprint density at radius 1 is 1.15 bits per heavy atom. The van der Waals surface area contributed by atoms with Crippen LogP contribution < -0.4 is 10.6 Å². The third-order valence-corrected chi connectivity index (χ3v) is 7.69. The number of benzene rings is 2. The highest BCUT2D eigenvalue weighted by Gasteiger charge is 2.33. The highest BCUT2D eigenvalue weighted by Crippen LogP contribution is 2.24. The van der Waals surface area contributed by atoms with Gasteiger partial charge in [0.25, 0.3) is 0 Å². The van der Waals surface area contributed by atoms with Gasteiger partial charge in [-0.15, -0.1) is 5.10 Å². The summed E-state index contributed by atoms with van der Waals surface area (Å²) in [6.45, 7) is 6.64. The third kappa shape index (κ3) is 7.62. The Kier molecular flexibility index (Phi) is 9.81. The number of carbonyl (C=O) groups is 2. The molecule has 2 N–H and O–H groups in total. The number of hydrogen-bond acceptors (Lipinski definition) is 6. The zero-order valence-corrected chi connectivity index (χ0v) is 23.7. The van der Waals surface area contributed by atoms with Gasteiger partial charge in [-0.2, -0.15) is 0 Å². The van der Waals surface area contributed by atoms with Gasteiger partial charge >= 0.3 is 6.03 Å². The first-order valence-corrected chi connectivity index (χ1v) is 13.8. The second kappa shape index (κ2) is 13.5. The third-order valence-electron chi connectivity index (χ3n) is 7.69. The van der Waals surface area contributed by atoms with E-state index in [0.29, 0.717) is 18.1 Å². The maximum atomic E-state index is 13.2. The summed E-state index contributed by atoms with van der Waals surface area (Å²) < 4.78 is 14.8. The zero-order chi connectivity index (χ0) is 28.6.